The molecule has 1 heterocycles. The van der Waals surface area contributed by atoms with Crippen LogP contribution >= 0.6 is 11.6 Å². The predicted molar refractivity (Wildman–Crippen MR) is 148 cm³/mol. The number of aryl methyl sites for hydroxylation is 1. The highest BCUT2D eigenvalue weighted by Gasteiger charge is 2.23. The second kappa shape index (κ2) is 10.9. The number of rotatable bonds is 9. The van der Waals surface area contributed by atoms with E-state index in [1.54, 1.807) is 42.5 Å². The van der Waals surface area contributed by atoms with Gasteiger partial charge in [0.2, 0.25) is 0 Å². The summed E-state index contributed by atoms with van der Waals surface area (Å²) in [5, 5.41) is 10.1. The van der Waals surface area contributed by atoms with Gasteiger partial charge in [0, 0.05) is 34.7 Å². The van der Waals surface area contributed by atoms with E-state index in [1.165, 1.54) is 24.4 Å². The molecule has 0 aliphatic rings. The van der Waals surface area contributed by atoms with Crippen LogP contribution in [0, 0.1) is 5.82 Å². The van der Waals surface area contributed by atoms with Crippen LogP contribution in [0.2, 0.25) is 5.02 Å². The van der Waals surface area contributed by atoms with Gasteiger partial charge in [-0.25, -0.2) is 16.8 Å². The molecular formula is C30H23ClFNO5S. The third-order valence-corrected chi connectivity index (χ3v) is 8.22. The minimum absolute atomic E-state index is 0.0413. The van der Waals surface area contributed by atoms with Crippen molar-refractivity contribution in [1.82, 2.24) is 3.97 Å². The first kappa shape index (κ1) is 26.5. The van der Waals surface area contributed by atoms with Gasteiger partial charge in [-0.15, -0.1) is 0 Å². The Kier molecular flexibility index (Phi) is 7.41. The first-order valence-electron chi connectivity index (χ1n) is 12.1. The van der Waals surface area contributed by atoms with Crippen molar-refractivity contribution < 1.29 is 27.4 Å². The summed E-state index contributed by atoms with van der Waals surface area (Å²) < 4.78 is 49.4. The molecule has 0 fully saturated rings. The summed E-state index contributed by atoms with van der Waals surface area (Å²) in [4.78, 5) is 11.1. The summed E-state index contributed by atoms with van der Waals surface area (Å²) in [5.41, 5.74) is 2.48. The molecule has 39 heavy (non-hydrogen) atoms. The largest absolute Gasteiger partial charge is 0.489 e. The maximum absolute atomic E-state index is 15.1. The highest BCUT2D eigenvalue weighted by atomic mass is 35.5. The molecule has 9 heteroatoms. The van der Waals surface area contributed by atoms with E-state index in [9.17, 15) is 13.2 Å². The van der Waals surface area contributed by atoms with Crippen LogP contribution in [0.3, 0.4) is 0 Å². The molecule has 0 aliphatic heterocycles. The average Bonchev–Trinajstić information content (AvgIpc) is 3.30. The van der Waals surface area contributed by atoms with Crippen LogP contribution in [0.4, 0.5) is 4.39 Å². The van der Waals surface area contributed by atoms with Crippen LogP contribution in [0.25, 0.3) is 22.0 Å². The lowest BCUT2D eigenvalue weighted by molar-refractivity contribution is -0.136. The molecule has 0 radical (unpaired) electrons. The van der Waals surface area contributed by atoms with E-state index < -0.39 is 21.8 Å². The lowest BCUT2D eigenvalue weighted by atomic mass is 10.1. The first-order chi connectivity index (χ1) is 18.7. The Morgan fingerprint density at radius 3 is 2.49 bits per heavy atom. The summed E-state index contributed by atoms with van der Waals surface area (Å²) in [6, 6.07) is 24.8. The van der Waals surface area contributed by atoms with Crippen molar-refractivity contribution in [3.05, 3.63) is 119 Å². The number of halogens is 2. The van der Waals surface area contributed by atoms with E-state index in [1.807, 2.05) is 30.3 Å². The van der Waals surface area contributed by atoms with Gasteiger partial charge < -0.3 is 9.84 Å². The quantitative estimate of drug-likeness (QED) is 0.210. The number of ether oxygens (including phenoxy) is 1. The summed E-state index contributed by atoms with van der Waals surface area (Å²) in [7, 11) is -4.11. The molecule has 6 nitrogen and oxygen atoms in total. The molecule has 1 aromatic heterocycles. The van der Waals surface area contributed by atoms with Crippen LogP contribution in [0.1, 0.15) is 17.5 Å². The van der Waals surface area contributed by atoms with E-state index >= 15 is 4.39 Å². The second-order valence-electron chi connectivity index (χ2n) is 8.95. The van der Waals surface area contributed by atoms with E-state index in [-0.39, 0.29) is 29.9 Å². The number of aliphatic carboxylic acids is 1. The van der Waals surface area contributed by atoms with Crippen LogP contribution in [-0.2, 0) is 27.8 Å². The fourth-order valence-electron chi connectivity index (χ4n) is 4.38. The monoisotopic (exact) mass is 563 g/mol. The Morgan fingerprint density at radius 1 is 0.949 bits per heavy atom. The van der Waals surface area contributed by atoms with E-state index in [0.29, 0.717) is 32.8 Å². The molecule has 4 aromatic carbocycles. The standard InChI is InChI=1S/C30H23ClFNO5S/c31-23-10-13-29-27(16-23)22(9-14-30(34)35)18-33(29)39(36,37)25-8-4-7-21(15-25)26-12-11-24(17-28(26)32)38-19-20-5-2-1-3-6-20/h1-8,10-13,15-18H,9,14,19H2,(H,34,35). The number of hydrogen-bond acceptors (Lipinski definition) is 4. The van der Waals surface area contributed by atoms with E-state index in [4.69, 9.17) is 21.4 Å². The zero-order valence-electron chi connectivity index (χ0n) is 20.6. The van der Waals surface area contributed by atoms with Crippen molar-refractivity contribution in [3.63, 3.8) is 0 Å². The third-order valence-electron chi connectivity index (χ3n) is 6.31. The van der Waals surface area contributed by atoms with E-state index in [2.05, 4.69) is 0 Å². The summed E-state index contributed by atoms with van der Waals surface area (Å²) in [5.74, 6) is -1.19. The Labute approximate surface area is 229 Å². The van der Waals surface area contributed by atoms with Gasteiger partial charge in [0.15, 0.2) is 0 Å². The Hall–Kier alpha value is -4.14. The Bertz CT molecular complexity index is 1780. The van der Waals surface area contributed by atoms with Crippen molar-refractivity contribution in [2.75, 3.05) is 0 Å². The van der Waals surface area contributed by atoms with Crippen molar-refractivity contribution in [2.24, 2.45) is 0 Å². The van der Waals surface area contributed by atoms with Gasteiger partial charge in [0.1, 0.15) is 18.2 Å². The Morgan fingerprint density at radius 2 is 1.74 bits per heavy atom. The maximum atomic E-state index is 15.1. The van der Waals surface area contributed by atoms with E-state index in [0.717, 1.165) is 9.54 Å². The summed E-state index contributed by atoms with van der Waals surface area (Å²) >= 11 is 6.14. The molecule has 0 unspecified atom stereocenters. The zero-order valence-corrected chi connectivity index (χ0v) is 22.1. The van der Waals surface area contributed by atoms with Gasteiger partial charge in [-0.1, -0.05) is 54.1 Å². The molecule has 0 aliphatic carbocycles. The number of carboxylic acids is 1. The smallest absolute Gasteiger partial charge is 0.303 e. The van der Waals surface area contributed by atoms with Gasteiger partial charge in [0.05, 0.1) is 10.4 Å². The Balaban J connectivity index is 1.47. The van der Waals surface area contributed by atoms with Crippen LogP contribution in [0.5, 0.6) is 5.75 Å². The number of nitrogens with zero attached hydrogens (tertiary/aromatic N) is 1. The number of fused-ring (bicyclic) bond motifs is 1. The third kappa shape index (κ3) is 5.67. The lowest BCUT2D eigenvalue weighted by Gasteiger charge is -2.11. The second-order valence-corrected chi connectivity index (χ2v) is 11.2. The lowest BCUT2D eigenvalue weighted by Crippen LogP contribution is -2.12. The number of carboxylic acid groups (broad SMARTS) is 1. The predicted octanol–water partition coefficient (Wildman–Crippen LogP) is 6.93. The van der Waals surface area contributed by atoms with Crippen molar-refractivity contribution >= 4 is 38.5 Å². The number of benzene rings is 4. The molecule has 0 spiro atoms. The molecule has 1 N–H and O–H groups in total. The molecule has 0 atom stereocenters. The van der Waals surface area contributed by atoms with Crippen molar-refractivity contribution in [1.29, 1.82) is 0 Å². The van der Waals surface area contributed by atoms with Crippen LogP contribution in [-0.4, -0.2) is 23.5 Å². The molecule has 5 aromatic rings. The summed E-state index contributed by atoms with van der Waals surface area (Å²) in [6.45, 7) is 0.290. The highest BCUT2D eigenvalue weighted by molar-refractivity contribution is 7.90. The van der Waals surface area contributed by atoms with Gasteiger partial charge in [-0.05, 0) is 65.6 Å². The van der Waals surface area contributed by atoms with Crippen molar-refractivity contribution in [2.45, 2.75) is 24.3 Å². The average molecular weight is 564 g/mol. The molecule has 0 saturated heterocycles. The van der Waals surface area contributed by atoms with Crippen LogP contribution < -0.4 is 4.74 Å². The molecule has 5 rings (SSSR count). The topological polar surface area (TPSA) is 85.6 Å². The fraction of sp³-hybridized carbons (Fsp3) is 0.100. The highest BCUT2D eigenvalue weighted by Crippen LogP contribution is 2.32. The molecule has 0 bridgehead atoms. The van der Waals surface area contributed by atoms with Gasteiger partial charge in [-0.2, -0.15) is 0 Å². The number of carbonyl (C=O) groups is 1. The molecule has 0 amide bonds. The first-order valence-corrected chi connectivity index (χ1v) is 13.9. The van der Waals surface area contributed by atoms with Crippen LogP contribution in [0.15, 0.2) is 102 Å². The fourth-order valence-corrected chi connectivity index (χ4v) is 5.99. The molecular weight excluding hydrogens is 541 g/mol. The molecule has 198 valence electrons. The zero-order chi connectivity index (χ0) is 27.6. The number of hydrogen-bond donors (Lipinski definition) is 1. The number of aromatic nitrogens is 1. The summed E-state index contributed by atoms with van der Waals surface area (Å²) in [6.07, 6.45) is 1.40. The minimum atomic E-state index is -4.11. The van der Waals surface area contributed by atoms with Gasteiger partial charge in [0.25, 0.3) is 10.0 Å². The normalized spacial score (nSPS) is 11.5. The van der Waals surface area contributed by atoms with Crippen molar-refractivity contribution in [3.8, 4) is 16.9 Å². The SMILES string of the molecule is O=C(O)CCc1cn(S(=O)(=O)c2cccc(-c3ccc(OCc4ccccc4)cc3F)c2)c2ccc(Cl)cc12. The van der Waals surface area contributed by atoms with Gasteiger partial charge in [-0.3, -0.25) is 4.79 Å². The minimum Gasteiger partial charge on any atom is -0.489 e. The maximum Gasteiger partial charge on any atom is 0.303 e. The molecule has 0 saturated carbocycles. The van der Waals surface area contributed by atoms with Gasteiger partial charge >= 0.3 is 5.97 Å².